The zero-order valence-corrected chi connectivity index (χ0v) is 22.3. The molecule has 2 N–H and O–H groups in total. The molecule has 3 amide bonds. The number of carbonyl (C=O) groups is 3. The van der Waals surface area contributed by atoms with Crippen molar-refractivity contribution in [2.45, 2.75) is 38.1 Å². The van der Waals surface area contributed by atoms with Crippen LogP contribution >= 0.6 is 0 Å². The minimum atomic E-state index is -1.18. The summed E-state index contributed by atoms with van der Waals surface area (Å²) in [5, 5.41) is 5.91. The lowest BCUT2D eigenvalue weighted by molar-refractivity contribution is -0.153. The van der Waals surface area contributed by atoms with Crippen molar-refractivity contribution in [3.8, 4) is 0 Å². The van der Waals surface area contributed by atoms with E-state index in [1.165, 1.54) is 11.0 Å². The maximum Gasteiger partial charge on any atom is 0.247 e. The standard InChI is InChI=1S/C32H30FN3O4/c1-19-7-11-21(12-8-19)28-30(38)34-18-32-16-15-25(40-32)26(29(37)35-23-13-9-20(2)10-14-23)27(32)31(39)36(28)17-22-5-3-4-6-24(22)33/h3-16,25-28H,17-18H2,1-2H3,(H,34,38)(H,35,37)/t25-,26-,27+,28-,32+/m1/s1. The fourth-order valence-corrected chi connectivity index (χ4v) is 6.02. The van der Waals surface area contributed by atoms with Gasteiger partial charge in [0.05, 0.1) is 24.5 Å². The van der Waals surface area contributed by atoms with Crippen molar-refractivity contribution in [1.29, 1.82) is 0 Å². The number of hydrogen-bond acceptors (Lipinski definition) is 4. The molecule has 3 heterocycles. The molecular formula is C32H30FN3O4. The van der Waals surface area contributed by atoms with E-state index < -0.39 is 47.2 Å². The lowest BCUT2D eigenvalue weighted by Gasteiger charge is -2.42. The summed E-state index contributed by atoms with van der Waals surface area (Å²) >= 11 is 0. The Morgan fingerprint density at radius 2 is 1.70 bits per heavy atom. The van der Waals surface area contributed by atoms with Crippen molar-refractivity contribution in [2.75, 3.05) is 11.9 Å². The Morgan fingerprint density at radius 3 is 2.40 bits per heavy atom. The summed E-state index contributed by atoms with van der Waals surface area (Å²) < 4.78 is 21.2. The zero-order valence-electron chi connectivity index (χ0n) is 22.3. The molecule has 2 fully saturated rings. The average Bonchev–Trinajstić information content (AvgIpc) is 3.51. The molecule has 3 aliphatic rings. The number of carbonyl (C=O) groups excluding carboxylic acids is 3. The Balaban J connectivity index is 1.42. The second-order valence-corrected chi connectivity index (χ2v) is 10.8. The summed E-state index contributed by atoms with van der Waals surface area (Å²) in [5.41, 5.74) is 2.36. The molecular weight excluding hydrogens is 509 g/mol. The highest BCUT2D eigenvalue weighted by Gasteiger charge is 2.64. The molecule has 7 nitrogen and oxygen atoms in total. The van der Waals surface area contributed by atoms with Crippen LogP contribution in [0.2, 0.25) is 0 Å². The van der Waals surface area contributed by atoms with Crippen LogP contribution in [0.4, 0.5) is 10.1 Å². The monoisotopic (exact) mass is 539 g/mol. The maximum atomic E-state index is 14.9. The quantitative estimate of drug-likeness (QED) is 0.476. The molecule has 40 heavy (non-hydrogen) atoms. The third kappa shape index (κ3) is 4.48. The fourth-order valence-electron chi connectivity index (χ4n) is 6.02. The van der Waals surface area contributed by atoms with Gasteiger partial charge in [0.2, 0.25) is 17.7 Å². The van der Waals surface area contributed by atoms with Crippen molar-refractivity contribution >= 4 is 23.4 Å². The minimum Gasteiger partial charge on any atom is -0.360 e. The van der Waals surface area contributed by atoms with Gasteiger partial charge < -0.3 is 20.3 Å². The van der Waals surface area contributed by atoms with Crippen LogP contribution in [0, 0.1) is 31.5 Å². The van der Waals surface area contributed by atoms with Crippen molar-refractivity contribution < 1.29 is 23.5 Å². The molecule has 0 radical (unpaired) electrons. The highest BCUT2D eigenvalue weighted by molar-refractivity contribution is 6.00. The van der Waals surface area contributed by atoms with Crippen molar-refractivity contribution in [3.63, 3.8) is 0 Å². The van der Waals surface area contributed by atoms with Crippen molar-refractivity contribution in [3.05, 3.63) is 113 Å². The highest BCUT2D eigenvalue weighted by Crippen LogP contribution is 2.50. The van der Waals surface area contributed by atoms with Gasteiger partial charge in [-0.05, 0) is 37.6 Å². The van der Waals surface area contributed by atoms with Crippen molar-refractivity contribution in [2.24, 2.45) is 11.8 Å². The van der Waals surface area contributed by atoms with E-state index in [2.05, 4.69) is 10.6 Å². The van der Waals surface area contributed by atoms with E-state index in [0.29, 0.717) is 11.3 Å². The molecule has 2 saturated heterocycles. The summed E-state index contributed by atoms with van der Waals surface area (Å²) in [7, 11) is 0. The van der Waals surface area contributed by atoms with E-state index in [1.54, 1.807) is 42.5 Å². The lowest BCUT2D eigenvalue weighted by Crippen LogP contribution is -2.59. The number of benzene rings is 3. The van der Waals surface area contributed by atoms with Gasteiger partial charge in [-0.3, -0.25) is 14.4 Å². The first-order valence-electron chi connectivity index (χ1n) is 13.4. The fraction of sp³-hybridized carbons (Fsp3) is 0.281. The molecule has 8 heteroatoms. The third-order valence-electron chi connectivity index (χ3n) is 8.12. The Morgan fingerprint density at radius 1 is 1.02 bits per heavy atom. The number of nitrogens with one attached hydrogen (secondary N) is 2. The summed E-state index contributed by atoms with van der Waals surface area (Å²) in [4.78, 5) is 43.4. The minimum absolute atomic E-state index is 0.0411. The summed E-state index contributed by atoms with van der Waals surface area (Å²) in [6, 6.07) is 19.9. The lowest BCUT2D eigenvalue weighted by atomic mass is 9.73. The predicted octanol–water partition coefficient (Wildman–Crippen LogP) is 4.22. The van der Waals surface area contributed by atoms with Crippen LogP contribution in [0.5, 0.6) is 0 Å². The second-order valence-electron chi connectivity index (χ2n) is 10.8. The molecule has 3 aromatic carbocycles. The van der Waals surface area contributed by atoms with E-state index in [0.717, 1.165) is 11.1 Å². The molecule has 0 aliphatic carbocycles. The number of fused-ring (bicyclic) bond motifs is 1. The first-order valence-corrected chi connectivity index (χ1v) is 13.4. The van der Waals surface area contributed by atoms with Gasteiger partial charge in [0.25, 0.3) is 0 Å². The second kappa shape index (κ2) is 10.0. The molecule has 5 atom stereocenters. The van der Waals surface area contributed by atoms with E-state index in [-0.39, 0.29) is 24.6 Å². The molecule has 1 spiro atoms. The molecule has 3 aliphatic heterocycles. The molecule has 0 unspecified atom stereocenters. The summed E-state index contributed by atoms with van der Waals surface area (Å²) in [6.45, 7) is 3.79. The largest absolute Gasteiger partial charge is 0.360 e. The molecule has 0 aromatic heterocycles. The number of hydrogen-bond donors (Lipinski definition) is 2. The van der Waals surface area contributed by atoms with Gasteiger partial charge in [-0.15, -0.1) is 0 Å². The Kier molecular flexibility index (Phi) is 6.50. The van der Waals surface area contributed by atoms with Gasteiger partial charge in [0.15, 0.2) is 0 Å². The van der Waals surface area contributed by atoms with Crippen LogP contribution in [-0.2, 0) is 25.7 Å². The number of amides is 3. The molecule has 6 rings (SSSR count). The molecule has 0 saturated carbocycles. The van der Waals surface area contributed by atoms with Gasteiger partial charge in [-0.25, -0.2) is 4.39 Å². The van der Waals surface area contributed by atoms with Crippen LogP contribution in [0.25, 0.3) is 0 Å². The Labute approximate surface area is 232 Å². The van der Waals surface area contributed by atoms with Crippen LogP contribution in [0.1, 0.15) is 28.3 Å². The van der Waals surface area contributed by atoms with Crippen LogP contribution < -0.4 is 10.6 Å². The zero-order chi connectivity index (χ0) is 28.0. The number of rotatable bonds is 5. The summed E-state index contributed by atoms with van der Waals surface area (Å²) in [5.74, 6) is -3.41. The van der Waals surface area contributed by atoms with E-state index in [4.69, 9.17) is 4.74 Å². The Hall–Kier alpha value is -4.30. The van der Waals surface area contributed by atoms with E-state index >= 15 is 0 Å². The maximum absolute atomic E-state index is 14.9. The molecule has 2 bridgehead atoms. The van der Waals surface area contributed by atoms with Crippen LogP contribution in [0.3, 0.4) is 0 Å². The number of aryl methyl sites for hydroxylation is 2. The smallest absolute Gasteiger partial charge is 0.247 e. The topological polar surface area (TPSA) is 87.7 Å². The van der Waals surface area contributed by atoms with E-state index in [1.807, 2.05) is 50.2 Å². The Bertz CT molecular complexity index is 1500. The first kappa shape index (κ1) is 26.0. The third-order valence-corrected chi connectivity index (χ3v) is 8.12. The number of halogens is 1. The van der Waals surface area contributed by atoms with Crippen LogP contribution in [-0.4, -0.2) is 40.9 Å². The first-order chi connectivity index (χ1) is 19.3. The summed E-state index contributed by atoms with van der Waals surface area (Å²) in [6.07, 6.45) is 2.93. The molecule has 204 valence electrons. The van der Waals surface area contributed by atoms with Gasteiger partial charge in [0, 0.05) is 17.8 Å². The molecule has 3 aromatic rings. The number of nitrogens with zero attached hydrogens (tertiary/aromatic N) is 1. The average molecular weight is 540 g/mol. The van der Waals surface area contributed by atoms with Gasteiger partial charge in [-0.2, -0.15) is 0 Å². The van der Waals surface area contributed by atoms with E-state index in [9.17, 15) is 18.8 Å². The van der Waals surface area contributed by atoms with Crippen molar-refractivity contribution in [1.82, 2.24) is 10.2 Å². The van der Waals surface area contributed by atoms with Gasteiger partial charge in [-0.1, -0.05) is 77.9 Å². The number of anilines is 1. The highest BCUT2D eigenvalue weighted by atomic mass is 19.1. The predicted molar refractivity (Wildman–Crippen MR) is 147 cm³/mol. The number of ether oxygens (including phenoxy) is 1. The van der Waals surface area contributed by atoms with Gasteiger partial charge >= 0.3 is 0 Å². The normalized spacial score (nSPS) is 27.1. The van der Waals surface area contributed by atoms with Gasteiger partial charge in [0.1, 0.15) is 17.5 Å². The SMILES string of the molecule is Cc1ccc(NC(=O)[C@H]2[C@H]3C(=O)N(Cc4ccccc4F)[C@H](c4ccc(C)cc4)C(=O)NC[C@@]34C=C[C@H]2O4)cc1. The van der Waals surface area contributed by atoms with Crippen LogP contribution in [0.15, 0.2) is 84.9 Å².